The summed E-state index contributed by atoms with van der Waals surface area (Å²) in [5.41, 5.74) is 15.6. The number of hydrogen-bond donors (Lipinski definition) is 6. The Labute approximate surface area is 493 Å². The lowest BCUT2D eigenvalue weighted by atomic mass is 9.81. The molecule has 0 radical (unpaired) electrons. The molecule has 20 heteroatoms. The van der Waals surface area contributed by atoms with Crippen LogP contribution in [0.4, 0.5) is 18.9 Å². The van der Waals surface area contributed by atoms with Crippen LogP contribution in [0.3, 0.4) is 0 Å². The van der Waals surface area contributed by atoms with Gasteiger partial charge in [0.2, 0.25) is 23.6 Å². The van der Waals surface area contributed by atoms with Gasteiger partial charge in [0, 0.05) is 82.3 Å². The molecule has 6 aromatic rings. The second-order valence-corrected chi connectivity index (χ2v) is 20.9. The van der Waals surface area contributed by atoms with Crippen LogP contribution in [-0.2, 0) is 52.0 Å². The van der Waals surface area contributed by atoms with E-state index < -0.39 is 24.1 Å². The van der Waals surface area contributed by atoms with Crippen LogP contribution in [0.25, 0.3) is 16.8 Å². The van der Waals surface area contributed by atoms with Crippen molar-refractivity contribution in [2.75, 3.05) is 51.5 Å². The van der Waals surface area contributed by atoms with E-state index >= 15 is 0 Å². The topological polar surface area (TPSA) is 241 Å². The van der Waals surface area contributed by atoms with Gasteiger partial charge in [-0.05, 0) is 82.1 Å². The molecule has 0 aliphatic carbocycles. The van der Waals surface area contributed by atoms with E-state index in [-0.39, 0.29) is 73.1 Å². The number of carboxylic acids is 1. The van der Waals surface area contributed by atoms with Crippen molar-refractivity contribution in [3.63, 3.8) is 0 Å². The van der Waals surface area contributed by atoms with Crippen molar-refractivity contribution in [2.24, 2.45) is 10.7 Å². The highest BCUT2D eigenvalue weighted by Gasteiger charge is 2.39. The molecule has 0 bridgehead atoms. The Hall–Kier alpha value is -8.88. The monoisotopic (exact) mass is 1170 g/mol. The number of carbonyl (C=O) groups is 5. The third-order valence-corrected chi connectivity index (χ3v) is 14.2. The SMILES string of the molecule is Cc1cc(/C=C/C=C2\N(C)c3ccc4ccccc4c3C2(C)C)cc(C)[n+]1CCOCCOCCNC(=O)CCCC(=O)NC(N)=NCCC[C@@H](NC(=O)C(c1ccccc1)c1ccccc1)C(=O)NCc1ccc(O)cc1.O=C([O-])C(F)(F)F. The zero-order chi connectivity index (χ0) is 61.5. The molecule has 85 heavy (non-hydrogen) atoms. The van der Waals surface area contributed by atoms with Gasteiger partial charge in [-0.15, -0.1) is 0 Å². The largest absolute Gasteiger partial charge is 0.542 e. The van der Waals surface area contributed by atoms with Gasteiger partial charge in [0.25, 0.3) is 0 Å². The second kappa shape index (κ2) is 31.7. The van der Waals surface area contributed by atoms with E-state index in [0.29, 0.717) is 52.4 Å². The molecule has 0 unspecified atom stereocenters. The first-order valence-electron chi connectivity index (χ1n) is 28.1. The number of phenols is 1. The molecule has 7 rings (SSSR count). The fraction of sp³-hybridized carbons (Fsp3) is 0.338. The first kappa shape index (κ1) is 65.3. The van der Waals surface area contributed by atoms with Crippen molar-refractivity contribution in [1.82, 2.24) is 21.3 Å². The van der Waals surface area contributed by atoms with Crippen molar-refractivity contribution in [3.05, 3.63) is 191 Å². The number of aryl methyl sites for hydroxylation is 2. The molecule has 0 fully saturated rings. The number of aliphatic imine (C=N–C) groups is 1. The number of phenolic OH excluding ortho intramolecular Hbond substituents is 1. The van der Waals surface area contributed by atoms with Crippen LogP contribution in [0.5, 0.6) is 5.75 Å². The molecule has 7 N–H and O–H groups in total. The minimum atomic E-state index is -5.19. The second-order valence-electron chi connectivity index (χ2n) is 20.9. The number of benzene rings is 5. The van der Waals surface area contributed by atoms with Crippen molar-refractivity contribution in [1.29, 1.82) is 0 Å². The van der Waals surface area contributed by atoms with Gasteiger partial charge in [-0.25, -0.2) is 0 Å². The van der Waals surface area contributed by atoms with E-state index in [0.717, 1.165) is 33.6 Å². The van der Waals surface area contributed by atoms with Gasteiger partial charge in [-0.1, -0.05) is 129 Å². The summed E-state index contributed by atoms with van der Waals surface area (Å²) in [5, 5.41) is 32.3. The van der Waals surface area contributed by atoms with Crippen LogP contribution in [0.15, 0.2) is 156 Å². The number of ether oxygens (including phenoxy) is 2. The maximum atomic E-state index is 14.0. The third-order valence-electron chi connectivity index (χ3n) is 14.2. The number of fused-ring (bicyclic) bond motifs is 3. The standard InChI is InChI=1S/C63H74N8O7.C2HF3O2/c1-44-41-47(17-14-25-55-63(3,4)59-52-23-13-12-18-48(52)30-33-54(59)70(55)5)42-45(2)71(44)36-38-78-40-39-77-37-35-65-56(73)26-15-27-57(74)69-62(64)66-34-16-24-53(60(75)67-43-46-28-31-51(72)32-29-46)68-61(76)58(49-19-8-6-9-20-49)50-21-10-7-11-22-50;3-2(4,5)1(6)7/h6-14,17-23,25,28-33,41-42,53,58H,15-16,24,26-27,34-40,43H2,1-5H3,(H6-,64,65,66,67,68,69,72,73,74,75,76);(H,6,7)/t53-;/m1./s1. The molecule has 5 aromatic carbocycles. The lowest BCUT2D eigenvalue weighted by molar-refractivity contribution is -0.710. The first-order chi connectivity index (χ1) is 40.6. The molecular weight excluding hydrogens is 1090 g/mol. The number of nitrogens with two attached hydrogens (primary N) is 1. The number of likely N-dealkylation sites (N-methyl/N-ethyl adjacent to an activating group) is 1. The maximum absolute atomic E-state index is 14.0. The predicted octanol–water partition coefficient (Wildman–Crippen LogP) is 7.24. The number of aromatic nitrogens is 1. The van der Waals surface area contributed by atoms with Crippen LogP contribution in [-0.4, -0.2) is 99.4 Å². The molecule has 1 aliphatic rings. The molecule has 17 nitrogen and oxygen atoms in total. The van der Waals surface area contributed by atoms with Crippen LogP contribution in [0.1, 0.15) is 91.1 Å². The summed E-state index contributed by atoms with van der Waals surface area (Å²) in [6.07, 6.45) is 2.50. The number of aliphatic carboxylic acids is 1. The van der Waals surface area contributed by atoms with Crippen LogP contribution in [0, 0.1) is 13.8 Å². The Kier molecular flexibility index (Phi) is 24.3. The lowest BCUT2D eigenvalue weighted by Gasteiger charge is -2.24. The number of rotatable bonds is 26. The fourth-order valence-corrected chi connectivity index (χ4v) is 10.1. The summed E-state index contributed by atoms with van der Waals surface area (Å²) in [4.78, 5) is 68.0. The Balaban J connectivity index is 0.00000155. The van der Waals surface area contributed by atoms with Crippen molar-refractivity contribution >= 4 is 58.1 Å². The highest BCUT2D eigenvalue weighted by atomic mass is 19.4. The van der Waals surface area contributed by atoms with Gasteiger partial charge in [0.1, 0.15) is 24.4 Å². The Morgan fingerprint density at radius 3 is 2.01 bits per heavy atom. The quantitative estimate of drug-likeness (QED) is 0.0137. The molecule has 1 aromatic heterocycles. The first-order valence-corrected chi connectivity index (χ1v) is 28.1. The average molecular weight is 1170 g/mol. The van der Waals surface area contributed by atoms with Crippen LogP contribution >= 0.6 is 0 Å². The number of carbonyl (C=O) groups excluding carboxylic acids is 5. The predicted molar refractivity (Wildman–Crippen MR) is 319 cm³/mol. The normalized spacial score (nSPS) is 13.7. The summed E-state index contributed by atoms with van der Waals surface area (Å²) in [7, 11) is 2.15. The van der Waals surface area contributed by atoms with E-state index in [2.05, 4.69) is 137 Å². The zero-order valence-electron chi connectivity index (χ0n) is 48.5. The minimum Gasteiger partial charge on any atom is -0.542 e. The van der Waals surface area contributed by atoms with E-state index in [1.165, 1.54) is 39.9 Å². The average Bonchev–Trinajstić information content (AvgIpc) is 1.64. The van der Waals surface area contributed by atoms with E-state index in [1.807, 2.05) is 60.7 Å². The molecule has 1 atom stereocenters. The number of carboxylic acid groups (broad SMARTS) is 1. The summed E-state index contributed by atoms with van der Waals surface area (Å²) in [5.74, 6) is -4.90. The van der Waals surface area contributed by atoms with Crippen molar-refractivity contribution < 1.29 is 61.4 Å². The van der Waals surface area contributed by atoms with Gasteiger partial charge < -0.3 is 51.1 Å². The highest BCUT2D eigenvalue weighted by molar-refractivity contribution is 5.97. The summed E-state index contributed by atoms with van der Waals surface area (Å²) in [6.45, 7) is 12.0. The smallest absolute Gasteiger partial charge is 0.430 e. The van der Waals surface area contributed by atoms with Gasteiger partial charge in [-0.3, -0.25) is 29.5 Å². The number of guanidine groups is 1. The number of nitrogens with one attached hydrogen (secondary N) is 4. The summed E-state index contributed by atoms with van der Waals surface area (Å²) < 4.78 is 45.4. The van der Waals surface area contributed by atoms with Gasteiger partial charge in [-0.2, -0.15) is 17.7 Å². The van der Waals surface area contributed by atoms with E-state index in [4.69, 9.17) is 25.1 Å². The number of nitrogens with zero attached hydrogens (tertiary/aromatic N) is 3. The number of aromatic hydroxyl groups is 1. The Bertz CT molecular complexity index is 3260. The molecular formula is C65H75F3N8O9. The van der Waals surface area contributed by atoms with E-state index in [9.17, 15) is 37.5 Å². The Morgan fingerprint density at radius 1 is 0.776 bits per heavy atom. The lowest BCUT2D eigenvalue weighted by Crippen LogP contribution is -2.48. The highest BCUT2D eigenvalue weighted by Crippen LogP contribution is 2.50. The zero-order valence-corrected chi connectivity index (χ0v) is 48.5. The molecule has 0 saturated heterocycles. The number of pyridine rings is 1. The van der Waals surface area contributed by atoms with Gasteiger partial charge >= 0.3 is 6.18 Å². The summed E-state index contributed by atoms with van der Waals surface area (Å²) >= 11 is 0. The number of hydrogen-bond acceptors (Lipinski definition) is 11. The van der Waals surface area contributed by atoms with Gasteiger partial charge in [0.15, 0.2) is 23.9 Å². The third kappa shape index (κ3) is 19.6. The molecule has 0 saturated carbocycles. The van der Waals surface area contributed by atoms with Gasteiger partial charge in [0.05, 0.1) is 25.7 Å². The molecule has 4 amide bonds. The molecule has 450 valence electrons. The molecule has 1 aliphatic heterocycles. The Morgan fingerprint density at radius 2 is 1.38 bits per heavy atom. The maximum Gasteiger partial charge on any atom is 0.430 e. The molecule has 0 spiro atoms. The number of halogens is 3. The summed E-state index contributed by atoms with van der Waals surface area (Å²) in [6, 6.07) is 41.8. The fourth-order valence-electron chi connectivity index (χ4n) is 10.1. The van der Waals surface area contributed by atoms with E-state index in [1.54, 1.807) is 12.1 Å². The van der Waals surface area contributed by atoms with Crippen molar-refractivity contribution in [2.45, 2.75) is 96.4 Å². The number of anilines is 1. The number of allylic oxidation sites excluding steroid dienone is 3. The van der Waals surface area contributed by atoms with Crippen molar-refractivity contribution in [3.8, 4) is 5.75 Å². The number of alkyl halides is 3. The number of amides is 4. The van der Waals surface area contributed by atoms with Crippen LogP contribution in [0.2, 0.25) is 0 Å². The van der Waals surface area contributed by atoms with Crippen LogP contribution < -0.4 is 41.6 Å². The minimum absolute atomic E-state index is 0.0679. The molecule has 2 heterocycles.